The first kappa shape index (κ1) is 20.6. The van der Waals surface area contributed by atoms with Crippen molar-refractivity contribution in [2.24, 2.45) is 12.5 Å². The minimum Gasteiger partial charge on any atom is -0.455 e. The maximum Gasteiger partial charge on any atom is 0.287 e. The molecule has 0 saturated heterocycles. The van der Waals surface area contributed by atoms with Gasteiger partial charge in [-0.25, -0.2) is 8.96 Å². The van der Waals surface area contributed by atoms with E-state index in [-0.39, 0.29) is 11.2 Å². The fourth-order valence-corrected chi connectivity index (χ4v) is 4.71. The van der Waals surface area contributed by atoms with Gasteiger partial charge < -0.3 is 4.42 Å². The number of furan rings is 1. The van der Waals surface area contributed by atoms with E-state index in [4.69, 9.17) is 9.40 Å². The molecule has 3 nitrogen and oxygen atoms in total. The van der Waals surface area contributed by atoms with Crippen molar-refractivity contribution >= 4 is 32.8 Å². The minimum absolute atomic E-state index is 0.207. The third kappa shape index (κ3) is 3.35. The Morgan fingerprint density at radius 1 is 0.969 bits per heavy atom. The Morgan fingerprint density at radius 3 is 2.47 bits per heavy atom. The molecule has 0 radical (unpaired) electrons. The highest BCUT2D eigenvalue weighted by Gasteiger charge is 2.24. The summed E-state index contributed by atoms with van der Waals surface area (Å²) < 4.78 is 22.2. The average molecular weight is 428 g/mol. The van der Waals surface area contributed by atoms with Crippen LogP contribution in [-0.4, -0.2) is 4.98 Å². The summed E-state index contributed by atoms with van der Waals surface area (Å²) >= 11 is 0. The highest BCUT2D eigenvalue weighted by Crippen LogP contribution is 2.40. The zero-order chi connectivity index (χ0) is 22.8. The van der Waals surface area contributed by atoms with Crippen LogP contribution in [0.5, 0.6) is 0 Å². The van der Waals surface area contributed by atoms with Gasteiger partial charge in [0.25, 0.3) is 6.33 Å². The van der Waals surface area contributed by atoms with Crippen molar-refractivity contribution in [1.82, 2.24) is 4.98 Å². The lowest BCUT2D eigenvalue weighted by Gasteiger charge is -2.18. The predicted molar refractivity (Wildman–Crippen MR) is 128 cm³/mol. The van der Waals surface area contributed by atoms with Crippen molar-refractivity contribution in [2.75, 3.05) is 0 Å². The third-order valence-corrected chi connectivity index (χ3v) is 6.26. The van der Waals surface area contributed by atoms with E-state index < -0.39 is 0 Å². The molecule has 3 aromatic carbocycles. The van der Waals surface area contributed by atoms with Crippen molar-refractivity contribution in [3.8, 4) is 11.3 Å². The molecule has 2 heterocycles. The van der Waals surface area contributed by atoms with Gasteiger partial charge in [0.05, 0.1) is 18.0 Å². The maximum atomic E-state index is 13.9. The Kier molecular flexibility index (Phi) is 4.59. The van der Waals surface area contributed by atoms with Crippen molar-refractivity contribution < 1.29 is 13.4 Å². The van der Waals surface area contributed by atoms with E-state index in [1.54, 1.807) is 6.07 Å². The summed E-state index contributed by atoms with van der Waals surface area (Å²) in [6.45, 7) is 11.0. The van der Waals surface area contributed by atoms with E-state index >= 15 is 0 Å². The second-order valence-electron chi connectivity index (χ2n) is 10.1. The van der Waals surface area contributed by atoms with E-state index in [1.807, 2.05) is 13.4 Å². The fourth-order valence-electron chi connectivity index (χ4n) is 4.71. The van der Waals surface area contributed by atoms with Crippen LogP contribution >= 0.6 is 0 Å². The zero-order valence-corrected chi connectivity index (χ0v) is 19.5. The molecule has 0 aliphatic rings. The van der Waals surface area contributed by atoms with Gasteiger partial charge in [-0.15, -0.1) is 0 Å². The van der Waals surface area contributed by atoms with Gasteiger partial charge in [-0.2, -0.15) is 0 Å². The molecule has 0 aliphatic carbocycles. The molecule has 32 heavy (non-hydrogen) atoms. The van der Waals surface area contributed by atoms with Gasteiger partial charge in [-0.1, -0.05) is 26.8 Å². The second kappa shape index (κ2) is 7.13. The average Bonchev–Trinajstić information content (AvgIpc) is 3.05. The predicted octanol–water partition coefficient (Wildman–Crippen LogP) is 6.97. The molecule has 0 aliphatic heterocycles. The number of fused-ring (bicyclic) bond motifs is 4. The van der Waals surface area contributed by atoms with Crippen LogP contribution in [0.25, 0.3) is 44.1 Å². The summed E-state index contributed by atoms with van der Waals surface area (Å²) in [5.41, 5.74) is 8.23. The molecule has 4 heteroatoms. The smallest absolute Gasteiger partial charge is 0.287 e. The number of aromatic nitrogens is 2. The van der Waals surface area contributed by atoms with Crippen molar-refractivity contribution in [1.29, 1.82) is 0 Å². The molecule has 0 fully saturated rings. The largest absolute Gasteiger partial charge is 0.455 e. The van der Waals surface area contributed by atoms with Gasteiger partial charge in [0.15, 0.2) is 5.52 Å². The van der Waals surface area contributed by atoms with Crippen LogP contribution in [0.2, 0.25) is 0 Å². The Morgan fingerprint density at radius 2 is 1.72 bits per heavy atom. The number of rotatable bonds is 2. The molecule has 0 unspecified atom stereocenters. The second-order valence-corrected chi connectivity index (χ2v) is 10.1. The Labute approximate surface area is 187 Å². The van der Waals surface area contributed by atoms with Crippen LogP contribution in [0.15, 0.2) is 53.2 Å². The lowest BCUT2D eigenvalue weighted by molar-refractivity contribution is -0.662. The lowest BCUT2D eigenvalue weighted by Crippen LogP contribution is -2.32. The highest BCUT2D eigenvalue weighted by molar-refractivity contribution is 6.12. The van der Waals surface area contributed by atoms with E-state index in [0.29, 0.717) is 5.58 Å². The summed E-state index contributed by atoms with van der Waals surface area (Å²) in [5, 5.41) is 3.01. The maximum absolute atomic E-state index is 13.9. The number of benzene rings is 3. The summed E-state index contributed by atoms with van der Waals surface area (Å²) in [4.78, 5) is 4.73. The van der Waals surface area contributed by atoms with Gasteiger partial charge in [0.1, 0.15) is 22.7 Å². The number of nitrogens with zero attached hydrogens (tertiary/aromatic N) is 2. The van der Waals surface area contributed by atoms with E-state index in [1.165, 1.54) is 23.3 Å². The Balaban J connectivity index is 1.85. The summed E-state index contributed by atoms with van der Waals surface area (Å²) in [6.07, 6.45) is 2.86. The summed E-state index contributed by atoms with van der Waals surface area (Å²) in [7, 11) is 2.01. The molecule has 5 aromatic rings. The van der Waals surface area contributed by atoms with Crippen molar-refractivity contribution in [3.05, 3.63) is 71.3 Å². The Hall–Kier alpha value is -3.27. The van der Waals surface area contributed by atoms with Gasteiger partial charge in [0, 0.05) is 16.8 Å². The van der Waals surface area contributed by atoms with Gasteiger partial charge in [-0.3, -0.25) is 0 Å². The molecule has 162 valence electrons. The van der Waals surface area contributed by atoms with Crippen LogP contribution in [0.4, 0.5) is 4.39 Å². The SMILES string of the molecule is Cc1cc2c(oc3cc(F)ccc32)c(-c2c3ccc(CC(C)(C)C)cc3nc[n+]2C)c1C. The molecule has 2 aromatic heterocycles. The van der Waals surface area contributed by atoms with Crippen LogP contribution in [-0.2, 0) is 13.5 Å². The normalized spacial score (nSPS) is 12.3. The monoisotopic (exact) mass is 427 g/mol. The van der Waals surface area contributed by atoms with E-state index in [9.17, 15) is 4.39 Å². The van der Waals surface area contributed by atoms with Crippen molar-refractivity contribution in [3.63, 3.8) is 0 Å². The lowest BCUT2D eigenvalue weighted by atomic mass is 9.87. The standard InChI is InChI=1S/C28H28FN2O/c1-16-11-22-20-10-8-19(29)13-24(20)32-27(22)25(17(16)2)26-21-9-7-18(14-28(3,4)5)12-23(21)30-15-31(26)6/h7-13,15H,14H2,1-6H3/q+1. The van der Waals surface area contributed by atoms with Crippen LogP contribution < -0.4 is 4.57 Å². The molecular formula is C28H28FN2O+. The zero-order valence-electron chi connectivity index (χ0n) is 19.5. The number of aryl methyl sites for hydroxylation is 2. The molecule has 0 spiro atoms. The Bertz CT molecular complexity index is 1520. The summed E-state index contributed by atoms with van der Waals surface area (Å²) in [6, 6.07) is 13.5. The van der Waals surface area contributed by atoms with Gasteiger partial charge in [0.2, 0.25) is 0 Å². The number of hydrogen-bond donors (Lipinski definition) is 0. The minimum atomic E-state index is -0.294. The van der Waals surface area contributed by atoms with Crippen LogP contribution in [0.1, 0.15) is 37.5 Å². The first-order chi connectivity index (χ1) is 15.1. The van der Waals surface area contributed by atoms with Gasteiger partial charge in [-0.05, 0) is 77.7 Å². The quantitative estimate of drug-likeness (QED) is 0.285. The van der Waals surface area contributed by atoms with E-state index in [0.717, 1.165) is 50.5 Å². The molecular weight excluding hydrogens is 399 g/mol. The molecule has 0 atom stereocenters. The number of halogens is 1. The molecule has 0 amide bonds. The highest BCUT2D eigenvalue weighted by atomic mass is 19.1. The third-order valence-electron chi connectivity index (χ3n) is 6.26. The topological polar surface area (TPSA) is 29.9 Å². The first-order valence-electron chi connectivity index (χ1n) is 11.0. The molecule has 0 bridgehead atoms. The van der Waals surface area contributed by atoms with Crippen molar-refractivity contribution in [2.45, 2.75) is 41.0 Å². The first-order valence-corrected chi connectivity index (χ1v) is 11.0. The van der Waals surface area contributed by atoms with Crippen LogP contribution in [0, 0.1) is 25.1 Å². The molecule has 5 rings (SSSR count). The summed E-state index contributed by atoms with van der Waals surface area (Å²) in [5.74, 6) is -0.294. The number of hydrogen-bond acceptors (Lipinski definition) is 2. The van der Waals surface area contributed by atoms with Crippen LogP contribution in [0.3, 0.4) is 0 Å². The van der Waals surface area contributed by atoms with Gasteiger partial charge >= 0.3 is 0 Å². The molecule has 0 saturated carbocycles. The van der Waals surface area contributed by atoms with E-state index in [2.05, 4.69) is 63.5 Å². The fraction of sp³-hybridized carbons (Fsp3) is 0.286. The molecule has 0 N–H and O–H groups in total.